The molecule has 0 aliphatic rings. The molecule has 0 aliphatic carbocycles. The second-order valence-corrected chi connectivity index (χ2v) is 14.3. The van der Waals surface area contributed by atoms with Crippen LogP contribution in [0.25, 0.3) is 108 Å². The van der Waals surface area contributed by atoms with Crippen molar-refractivity contribution in [3.63, 3.8) is 0 Å². The fraction of sp³-hybridized carbons (Fsp3) is 0. The molecule has 11 aromatic rings. The highest BCUT2D eigenvalue weighted by molar-refractivity contribution is 7.26. The number of thiophene rings is 1. The van der Waals surface area contributed by atoms with E-state index < -0.39 is 0 Å². The number of fused-ring (bicyclic) bond motifs is 9. The Morgan fingerprint density at radius 1 is 0.340 bits per heavy atom. The quantitative estimate of drug-likeness (QED) is 0.173. The summed E-state index contributed by atoms with van der Waals surface area (Å²) in [5.74, 6) is 0. The predicted molar refractivity (Wildman–Crippen MR) is 215 cm³/mol. The molecule has 1 nitrogen and oxygen atoms in total. The third kappa shape index (κ3) is 4.06. The average molecular weight is 653 g/mol. The van der Waals surface area contributed by atoms with Crippen LogP contribution in [0.15, 0.2) is 174 Å². The molecule has 50 heavy (non-hydrogen) atoms. The Labute approximate surface area is 292 Å². The van der Waals surface area contributed by atoms with E-state index in [1.54, 1.807) is 0 Å². The van der Waals surface area contributed by atoms with Gasteiger partial charge < -0.3 is 4.42 Å². The van der Waals surface area contributed by atoms with Crippen LogP contribution in [0.1, 0.15) is 0 Å². The van der Waals surface area contributed by atoms with E-state index in [4.69, 9.17) is 4.42 Å². The predicted octanol–water partition coefficient (Wildman–Crippen LogP) is 14.4. The lowest BCUT2D eigenvalue weighted by molar-refractivity contribution is 0.669. The Morgan fingerprint density at radius 3 is 1.56 bits per heavy atom. The smallest absolute Gasteiger partial charge is 0.136 e. The molecule has 0 N–H and O–H groups in total. The van der Waals surface area contributed by atoms with E-state index in [0.29, 0.717) is 0 Å². The molecule has 0 fully saturated rings. The zero-order valence-corrected chi connectivity index (χ0v) is 27.8. The minimum Gasteiger partial charge on any atom is -0.456 e. The van der Waals surface area contributed by atoms with E-state index in [9.17, 15) is 0 Å². The van der Waals surface area contributed by atoms with Gasteiger partial charge >= 0.3 is 0 Å². The lowest BCUT2D eigenvalue weighted by Crippen LogP contribution is -1.90. The first-order valence-corrected chi connectivity index (χ1v) is 17.9. The molecule has 0 aliphatic heterocycles. The zero-order chi connectivity index (χ0) is 32.8. The molecule has 0 bridgehead atoms. The molecule has 2 heteroatoms. The summed E-state index contributed by atoms with van der Waals surface area (Å²) in [6.07, 6.45) is 0. The fourth-order valence-corrected chi connectivity index (χ4v) is 9.43. The third-order valence-electron chi connectivity index (χ3n) is 10.4. The van der Waals surface area contributed by atoms with Crippen LogP contribution in [-0.2, 0) is 0 Å². The lowest BCUT2D eigenvalue weighted by Gasteiger charge is -2.17. The molecule has 2 heterocycles. The second-order valence-electron chi connectivity index (χ2n) is 13.2. The summed E-state index contributed by atoms with van der Waals surface area (Å²) in [6.45, 7) is 0. The summed E-state index contributed by atoms with van der Waals surface area (Å²) in [7, 11) is 0. The number of hydrogen-bond donors (Lipinski definition) is 0. The molecule has 0 atom stereocenters. The first-order chi connectivity index (χ1) is 24.8. The number of hydrogen-bond acceptors (Lipinski definition) is 2. The fourth-order valence-electron chi connectivity index (χ4n) is 8.17. The van der Waals surface area contributed by atoms with Crippen LogP contribution in [-0.4, -0.2) is 0 Å². The maximum Gasteiger partial charge on any atom is 0.136 e. The van der Waals surface area contributed by atoms with Crippen LogP contribution in [0.4, 0.5) is 0 Å². The van der Waals surface area contributed by atoms with Crippen LogP contribution in [0, 0.1) is 0 Å². The summed E-state index contributed by atoms with van der Waals surface area (Å²) >= 11 is 1.88. The van der Waals surface area contributed by atoms with Gasteiger partial charge in [-0.05, 0) is 102 Å². The number of furan rings is 1. The summed E-state index contributed by atoms with van der Waals surface area (Å²) in [5, 5.41) is 12.5. The summed E-state index contributed by atoms with van der Waals surface area (Å²) in [6, 6.07) is 61.8. The van der Waals surface area contributed by atoms with E-state index >= 15 is 0 Å². The van der Waals surface area contributed by atoms with Crippen LogP contribution < -0.4 is 0 Å². The highest BCUT2D eigenvalue weighted by atomic mass is 32.1. The van der Waals surface area contributed by atoms with Gasteiger partial charge in [0.1, 0.15) is 11.2 Å². The SMILES string of the molecule is c1ccc(-c2c3ccccc3c(-c3ccc4c(c3)oc3cc(-c5cccc6c5sc5cc7ccccc7cc56)ccc34)c3ccccc23)cc1. The van der Waals surface area contributed by atoms with Crippen LogP contribution in [0.3, 0.4) is 0 Å². The van der Waals surface area contributed by atoms with Crippen molar-refractivity contribution >= 4 is 85.8 Å². The van der Waals surface area contributed by atoms with Crippen molar-refractivity contribution in [2.75, 3.05) is 0 Å². The van der Waals surface area contributed by atoms with Crippen molar-refractivity contribution in [3.05, 3.63) is 170 Å². The van der Waals surface area contributed by atoms with Gasteiger partial charge in [-0.25, -0.2) is 0 Å². The first-order valence-electron chi connectivity index (χ1n) is 17.1. The third-order valence-corrected chi connectivity index (χ3v) is 11.6. The molecule has 0 radical (unpaired) electrons. The normalized spacial score (nSPS) is 12.0. The molecule has 232 valence electrons. The van der Waals surface area contributed by atoms with Gasteiger partial charge in [0, 0.05) is 30.9 Å². The molecule has 0 saturated heterocycles. The van der Waals surface area contributed by atoms with Crippen molar-refractivity contribution in [3.8, 4) is 33.4 Å². The van der Waals surface area contributed by atoms with Gasteiger partial charge in [-0.3, -0.25) is 0 Å². The van der Waals surface area contributed by atoms with Crippen molar-refractivity contribution < 1.29 is 4.42 Å². The first kappa shape index (κ1) is 27.7. The number of benzene rings is 9. The highest BCUT2D eigenvalue weighted by Crippen LogP contribution is 2.46. The van der Waals surface area contributed by atoms with Gasteiger partial charge in [0.25, 0.3) is 0 Å². The molecular weight excluding hydrogens is 625 g/mol. The standard InChI is InChI=1S/C48H28OS/c1-2-11-29(12-3-1)46-37-15-6-8-17-39(37)47(40-18-9-7-16-38(40)46)33-22-24-36-35-23-21-32(26-43(35)49-44(36)27-33)34-19-10-20-41-42-25-30-13-4-5-14-31(30)28-45(42)50-48(34)41/h1-28H. The maximum atomic E-state index is 6.72. The molecule has 0 spiro atoms. The highest BCUT2D eigenvalue weighted by Gasteiger charge is 2.18. The van der Waals surface area contributed by atoms with Crippen molar-refractivity contribution in [1.29, 1.82) is 0 Å². The van der Waals surface area contributed by atoms with Crippen molar-refractivity contribution in [2.24, 2.45) is 0 Å². The van der Waals surface area contributed by atoms with E-state index in [0.717, 1.165) is 27.5 Å². The largest absolute Gasteiger partial charge is 0.456 e. The van der Waals surface area contributed by atoms with E-state index in [2.05, 4.69) is 170 Å². The Kier molecular flexibility index (Phi) is 5.89. The van der Waals surface area contributed by atoms with Gasteiger partial charge in [0.15, 0.2) is 0 Å². The second kappa shape index (κ2) is 10.6. The zero-order valence-electron chi connectivity index (χ0n) is 27.0. The van der Waals surface area contributed by atoms with E-state index in [1.165, 1.54) is 80.3 Å². The Balaban J connectivity index is 1.09. The molecule has 0 amide bonds. The van der Waals surface area contributed by atoms with Gasteiger partial charge in [-0.2, -0.15) is 0 Å². The van der Waals surface area contributed by atoms with Gasteiger partial charge in [0.2, 0.25) is 0 Å². The minimum atomic E-state index is 0.904. The summed E-state index contributed by atoms with van der Waals surface area (Å²) in [4.78, 5) is 0. The van der Waals surface area contributed by atoms with E-state index in [-0.39, 0.29) is 0 Å². The van der Waals surface area contributed by atoms with Gasteiger partial charge in [-0.1, -0.05) is 133 Å². The molecule has 11 rings (SSSR count). The van der Waals surface area contributed by atoms with Crippen LogP contribution in [0.5, 0.6) is 0 Å². The summed E-state index contributed by atoms with van der Waals surface area (Å²) < 4.78 is 9.35. The van der Waals surface area contributed by atoms with Gasteiger partial charge in [-0.15, -0.1) is 11.3 Å². The maximum absolute atomic E-state index is 6.72. The molecule has 9 aromatic carbocycles. The molecule has 0 unspecified atom stereocenters. The molecular formula is C48H28OS. The van der Waals surface area contributed by atoms with E-state index in [1.807, 2.05) is 11.3 Å². The monoisotopic (exact) mass is 652 g/mol. The van der Waals surface area contributed by atoms with Crippen LogP contribution >= 0.6 is 11.3 Å². The van der Waals surface area contributed by atoms with Gasteiger partial charge in [0.05, 0.1) is 0 Å². The Hall–Kier alpha value is -6.22. The van der Waals surface area contributed by atoms with Crippen LogP contribution in [0.2, 0.25) is 0 Å². The minimum absolute atomic E-state index is 0.904. The Morgan fingerprint density at radius 2 is 0.880 bits per heavy atom. The lowest BCUT2D eigenvalue weighted by atomic mass is 9.86. The molecule has 2 aromatic heterocycles. The van der Waals surface area contributed by atoms with Crippen molar-refractivity contribution in [1.82, 2.24) is 0 Å². The van der Waals surface area contributed by atoms with Crippen molar-refractivity contribution in [2.45, 2.75) is 0 Å². The average Bonchev–Trinajstić information content (AvgIpc) is 3.73. The Bertz CT molecular complexity index is 3090. The molecule has 0 saturated carbocycles. The topological polar surface area (TPSA) is 13.1 Å². The number of rotatable bonds is 3. The summed E-state index contributed by atoms with van der Waals surface area (Å²) in [5.41, 5.74) is 9.14.